The van der Waals surface area contributed by atoms with Gasteiger partial charge in [-0.1, -0.05) is 6.92 Å². The van der Waals surface area contributed by atoms with Crippen LogP contribution in [0.5, 0.6) is 0 Å². The van der Waals surface area contributed by atoms with Crippen molar-refractivity contribution in [2.45, 2.75) is 19.9 Å². The minimum atomic E-state index is -0.675. The van der Waals surface area contributed by atoms with Gasteiger partial charge in [0.05, 0.1) is 11.2 Å². The first-order chi connectivity index (χ1) is 12.8. The number of aryl methyl sites for hydroxylation is 2. The molecule has 0 amide bonds. The van der Waals surface area contributed by atoms with Crippen LogP contribution >= 0.6 is 11.3 Å². The van der Waals surface area contributed by atoms with Crippen molar-refractivity contribution in [2.75, 3.05) is 6.61 Å². The minimum absolute atomic E-state index is 0.119. The Labute approximate surface area is 157 Å². The number of nitrogens with zero attached hydrogens (tertiary/aromatic N) is 4. The monoisotopic (exact) mass is 390 g/mol. The van der Waals surface area contributed by atoms with E-state index in [4.69, 9.17) is 4.74 Å². The highest BCUT2D eigenvalue weighted by Gasteiger charge is 2.17. The van der Waals surface area contributed by atoms with Crippen LogP contribution in [0.2, 0.25) is 0 Å². The Hall–Kier alpha value is -3.01. The fraction of sp³-hybridized carbons (Fsp3) is 0.353. The molecule has 0 aliphatic heterocycles. The number of ether oxygens (including phenoxy) is 1. The summed E-state index contributed by atoms with van der Waals surface area (Å²) in [6.07, 6.45) is 2.13. The SMILES string of the molecule is CCc1ccc(C(=O)COC(=O)Cn2cnc3c2c(=O)n(C)c(=O)n3C)s1. The molecule has 0 N–H and O–H groups in total. The van der Waals surface area contributed by atoms with E-state index in [1.165, 1.54) is 40.9 Å². The number of fused-ring (bicyclic) bond motifs is 1. The summed E-state index contributed by atoms with van der Waals surface area (Å²) in [6, 6.07) is 3.59. The second kappa shape index (κ2) is 7.31. The number of imidazole rings is 1. The smallest absolute Gasteiger partial charge is 0.332 e. The minimum Gasteiger partial charge on any atom is -0.456 e. The van der Waals surface area contributed by atoms with Crippen LogP contribution in [-0.2, 0) is 36.6 Å². The molecular formula is C17H18N4O5S. The van der Waals surface area contributed by atoms with Crippen molar-refractivity contribution in [1.29, 1.82) is 0 Å². The molecule has 0 fully saturated rings. The highest BCUT2D eigenvalue weighted by Crippen LogP contribution is 2.17. The molecule has 0 unspecified atom stereocenters. The topological polar surface area (TPSA) is 105 Å². The van der Waals surface area contributed by atoms with Crippen LogP contribution in [0.25, 0.3) is 11.2 Å². The first-order valence-corrected chi connectivity index (χ1v) is 9.03. The Morgan fingerprint density at radius 3 is 2.59 bits per heavy atom. The Kier molecular flexibility index (Phi) is 5.08. The summed E-state index contributed by atoms with van der Waals surface area (Å²) in [7, 11) is 2.84. The molecule has 10 heteroatoms. The summed E-state index contributed by atoms with van der Waals surface area (Å²) in [5.74, 6) is -0.951. The molecule has 0 aliphatic rings. The highest BCUT2D eigenvalue weighted by atomic mass is 32.1. The maximum Gasteiger partial charge on any atom is 0.332 e. The number of Topliss-reactive ketones (excluding diaryl/α,β-unsaturated/α-hetero) is 1. The number of esters is 1. The van der Waals surface area contributed by atoms with E-state index in [0.29, 0.717) is 4.88 Å². The lowest BCUT2D eigenvalue weighted by atomic mass is 10.3. The average molecular weight is 390 g/mol. The van der Waals surface area contributed by atoms with E-state index in [1.807, 2.05) is 13.0 Å². The third-order valence-corrected chi connectivity index (χ3v) is 5.44. The van der Waals surface area contributed by atoms with Gasteiger partial charge in [0.25, 0.3) is 5.56 Å². The third-order valence-electron chi connectivity index (χ3n) is 4.17. The summed E-state index contributed by atoms with van der Waals surface area (Å²) in [5.41, 5.74) is -0.764. The largest absolute Gasteiger partial charge is 0.456 e. The van der Waals surface area contributed by atoms with Gasteiger partial charge in [0.1, 0.15) is 6.54 Å². The predicted molar refractivity (Wildman–Crippen MR) is 99.2 cm³/mol. The van der Waals surface area contributed by atoms with Crippen molar-refractivity contribution < 1.29 is 14.3 Å². The number of carbonyl (C=O) groups is 2. The number of hydrogen-bond donors (Lipinski definition) is 0. The molecule has 9 nitrogen and oxygen atoms in total. The van der Waals surface area contributed by atoms with Crippen molar-refractivity contribution in [3.05, 3.63) is 49.1 Å². The molecular weight excluding hydrogens is 372 g/mol. The second-order valence-corrected chi connectivity index (χ2v) is 7.12. The molecule has 27 heavy (non-hydrogen) atoms. The maximum absolute atomic E-state index is 12.3. The molecule has 0 spiro atoms. The quantitative estimate of drug-likeness (QED) is 0.448. The lowest BCUT2D eigenvalue weighted by Gasteiger charge is -2.07. The van der Waals surface area contributed by atoms with E-state index >= 15 is 0 Å². The number of aromatic nitrogens is 4. The van der Waals surface area contributed by atoms with Crippen LogP contribution in [0.15, 0.2) is 28.0 Å². The summed E-state index contributed by atoms with van der Waals surface area (Å²) in [4.78, 5) is 54.1. The number of ketones is 1. The zero-order valence-corrected chi connectivity index (χ0v) is 15.9. The maximum atomic E-state index is 12.3. The number of carbonyl (C=O) groups excluding carboxylic acids is 2. The van der Waals surface area contributed by atoms with Gasteiger partial charge >= 0.3 is 11.7 Å². The lowest BCUT2D eigenvalue weighted by Crippen LogP contribution is -2.37. The van der Waals surface area contributed by atoms with E-state index in [0.717, 1.165) is 15.9 Å². The van der Waals surface area contributed by atoms with Gasteiger partial charge in [-0.15, -0.1) is 11.3 Å². The Morgan fingerprint density at radius 1 is 1.19 bits per heavy atom. The lowest BCUT2D eigenvalue weighted by molar-refractivity contribution is -0.143. The van der Waals surface area contributed by atoms with Crippen LogP contribution < -0.4 is 11.2 Å². The Balaban J connectivity index is 1.74. The van der Waals surface area contributed by atoms with E-state index < -0.39 is 17.2 Å². The van der Waals surface area contributed by atoms with Gasteiger partial charge < -0.3 is 9.30 Å². The number of rotatable bonds is 6. The molecule has 0 saturated heterocycles. The second-order valence-electron chi connectivity index (χ2n) is 5.95. The zero-order valence-electron chi connectivity index (χ0n) is 15.1. The van der Waals surface area contributed by atoms with Crippen LogP contribution in [0.4, 0.5) is 0 Å². The Bertz CT molecular complexity index is 1150. The van der Waals surface area contributed by atoms with Crippen LogP contribution in [0.1, 0.15) is 21.5 Å². The number of thiophene rings is 1. The molecule has 3 heterocycles. The van der Waals surface area contributed by atoms with Crippen molar-refractivity contribution in [2.24, 2.45) is 14.1 Å². The summed E-state index contributed by atoms with van der Waals surface area (Å²) in [5, 5.41) is 0. The molecule has 0 radical (unpaired) electrons. The summed E-state index contributed by atoms with van der Waals surface area (Å²) < 4.78 is 8.52. The highest BCUT2D eigenvalue weighted by molar-refractivity contribution is 7.14. The standard InChI is InChI=1S/C17H18N4O5S/c1-4-10-5-6-12(27-10)11(22)8-26-13(23)7-21-9-18-15-14(21)16(24)20(3)17(25)19(15)2/h5-6,9H,4,7-8H2,1-3H3. The third kappa shape index (κ3) is 3.47. The van der Waals surface area contributed by atoms with Crippen LogP contribution in [-0.4, -0.2) is 37.0 Å². The van der Waals surface area contributed by atoms with Crippen molar-refractivity contribution in [3.8, 4) is 0 Å². The van der Waals surface area contributed by atoms with E-state index in [-0.39, 0.29) is 30.1 Å². The van der Waals surface area contributed by atoms with Gasteiger partial charge in [-0.25, -0.2) is 9.78 Å². The van der Waals surface area contributed by atoms with E-state index in [1.54, 1.807) is 6.07 Å². The first-order valence-electron chi connectivity index (χ1n) is 8.21. The van der Waals surface area contributed by atoms with Gasteiger partial charge in [-0.05, 0) is 18.6 Å². The van der Waals surface area contributed by atoms with Gasteiger partial charge in [0, 0.05) is 19.0 Å². The molecule has 0 bridgehead atoms. The Morgan fingerprint density at radius 2 is 1.93 bits per heavy atom. The van der Waals surface area contributed by atoms with E-state index in [2.05, 4.69) is 4.98 Å². The van der Waals surface area contributed by atoms with Crippen molar-refractivity contribution >= 4 is 34.3 Å². The average Bonchev–Trinajstić information content (AvgIpc) is 3.30. The van der Waals surface area contributed by atoms with Gasteiger partial charge in [0.15, 0.2) is 17.8 Å². The summed E-state index contributed by atoms with van der Waals surface area (Å²) >= 11 is 1.37. The molecule has 0 atom stereocenters. The van der Waals surface area contributed by atoms with Gasteiger partial charge in [-0.3, -0.25) is 23.5 Å². The normalized spacial score (nSPS) is 11.1. The molecule has 3 aromatic heterocycles. The summed E-state index contributed by atoms with van der Waals surface area (Å²) in [6.45, 7) is 1.34. The molecule has 0 saturated carbocycles. The predicted octanol–water partition coefficient (Wildman–Crippen LogP) is 0.484. The van der Waals surface area contributed by atoms with Crippen molar-refractivity contribution in [1.82, 2.24) is 18.7 Å². The molecule has 3 rings (SSSR count). The van der Waals surface area contributed by atoms with Crippen LogP contribution in [0.3, 0.4) is 0 Å². The molecule has 142 valence electrons. The molecule has 0 aliphatic carbocycles. The molecule has 3 aromatic rings. The zero-order chi connectivity index (χ0) is 19.7. The fourth-order valence-corrected chi connectivity index (χ4v) is 3.51. The fourth-order valence-electron chi connectivity index (χ4n) is 2.64. The van der Waals surface area contributed by atoms with Gasteiger partial charge in [-0.2, -0.15) is 0 Å². The van der Waals surface area contributed by atoms with Crippen molar-refractivity contribution in [3.63, 3.8) is 0 Å². The molecule has 0 aromatic carbocycles. The first kappa shape index (κ1) is 18.8. The van der Waals surface area contributed by atoms with Gasteiger partial charge in [0.2, 0.25) is 5.78 Å². The van der Waals surface area contributed by atoms with E-state index in [9.17, 15) is 19.2 Å². The van der Waals surface area contributed by atoms with Crippen LogP contribution in [0, 0.1) is 0 Å². The number of hydrogen-bond acceptors (Lipinski definition) is 7.